The van der Waals surface area contributed by atoms with Gasteiger partial charge in [-0.25, -0.2) is 0 Å². The van der Waals surface area contributed by atoms with E-state index in [4.69, 9.17) is 5.73 Å². The van der Waals surface area contributed by atoms with Gasteiger partial charge in [-0.05, 0) is 45.1 Å². The van der Waals surface area contributed by atoms with Gasteiger partial charge in [0.1, 0.15) is 0 Å². The lowest BCUT2D eigenvalue weighted by atomic mass is 10.1. The van der Waals surface area contributed by atoms with Crippen LogP contribution in [0.25, 0.3) is 0 Å². The number of nitrogens with two attached hydrogens (primary N) is 1. The zero-order valence-electron chi connectivity index (χ0n) is 9.72. The van der Waals surface area contributed by atoms with Gasteiger partial charge in [0.2, 0.25) is 0 Å². The van der Waals surface area contributed by atoms with Crippen LogP contribution in [0.3, 0.4) is 0 Å². The van der Waals surface area contributed by atoms with Crippen LogP contribution in [-0.2, 0) is 6.54 Å². The third kappa shape index (κ3) is 1.97. The number of imide groups is 1. The Morgan fingerprint density at radius 1 is 1.26 bits per heavy atom. The number of halogens is 1. The fraction of sp³-hybridized carbons (Fsp3) is 0.0769. The minimum absolute atomic E-state index is 0.272. The summed E-state index contributed by atoms with van der Waals surface area (Å²) in [6, 6.07) is 6.85. The van der Waals surface area contributed by atoms with Gasteiger partial charge >= 0.3 is 0 Å². The van der Waals surface area contributed by atoms with Crippen LogP contribution >= 0.6 is 27.3 Å². The standard InChI is InChI=1S/C13H9BrN2O2S/c14-10-4-7(6-19-10)5-16-12(17)8-2-1-3-9(15)11(8)13(16)18/h1-4,6H,5,15H2. The molecule has 0 radical (unpaired) electrons. The van der Waals surface area contributed by atoms with E-state index in [0.717, 1.165) is 9.35 Å². The first kappa shape index (κ1) is 12.4. The second-order valence-corrected chi connectivity index (χ2v) is 6.52. The molecule has 1 aromatic carbocycles. The van der Waals surface area contributed by atoms with E-state index in [1.807, 2.05) is 11.4 Å². The predicted octanol–water partition coefficient (Wildman–Crippen LogP) is 2.89. The molecular formula is C13H9BrN2O2S. The highest BCUT2D eigenvalue weighted by Crippen LogP contribution is 2.30. The van der Waals surface area contributed by atoms with Crippen molar-refractivity contribution in [1.29, 1.82) is 0 Å². The molecule has 3 rings (SSSR count). The molecule has 0 aliphatic carbocycles. The molecule has 0 fully saturated rings. The number of anilines is 1. The largest absolute Gasteiger partial charge is 0.398 e. The van der Waals surface area contributed by atoms with Crippen molar-refractivity contribution in [3.8, 4) is 0 Å². The number of hydrogen-bond acceptors (Lipinski definition) is 4. The highest BCUT2D eigenvalue weighted by molar-refractivity contribution is 9.11. The Bertz CT molecular complexity index is 696. The molecule has 0 saturated carbocycles. The number of fused-ring (bicyclic) bond motifs is 1. The molecular weight excluding hydrogens is 328 g/mol. The Balaban J connectivity index is 1.97. The van der Waals surface area contributed by atoms with Crippen LogP contribution in [0, 0.1) is 0 Å². The summed E-state index contributed by atoms with van der Waals surface area (Å²) in [5, 5.41) is 1.91. The van der Waals surface area contributed by atoms with Crippen LogP contribution in [0.1, 0.15) is 26.3 Å². The fourth-order valence-electron chi connectivity index (χ4n) is 2.11. The summed E-state index contributed by atoms with van der Waals surface area (Å²) in [4.78, 5) is 25.7. The third-order valence-electron chi connectivity index (χ3n) is 2.99. The van der Waals surface area contributed by atoms with Crippen LogP contribution in [0.2, 0.25) is 0 Å². The molecule has 19 heavy (non-hydrogen) atoms. The zero-order valence-corrected chi connectivity index (χ0v) is 12.1. The number of rotatable bonds is 2. The van der Waals surface area contributed by atoms with Gasteiger partial charge < -0.3 is 5.73 Å². The molecule has 0 atom stereocenters. The summed E-state index contributed by atoms with van der Waals surface area (Å²) in [6.45, 7) is 0.272. The van der Waals surface area contributed by atoms with E-state index in [2.05, 4.69) is 15.9 Å². The molecule has 2 heterocycles. The maximum atomic E-state index is 12.3. The second-order valence-electron chi connectivity index (χ2n) is 4.23. The lowest BCUT2D eigenvalue weighted by Gasteiger charge is -2.12. The third-order valence-corrected chi connectivity index (χ3v) is 4.55. The SMILES string of the molecule is Nc1cccc2c1C(=O)N(Cc1csc(Br)c1)C2=O. The maximum absolute atomic E-state index is 12.3. The van der Waals surface area contributed by atoms with Crippen molar-refractivity contribution in [2.24, 2.45) is 0 Å². The van der Waals surface area contributed by atoms with Gasteiger partial charge in [0.15, 0.2) is 0 Å². The molecule has 1 aliphatic heterocycles. The van der Waals surface area contributed by atoms with Gasteiger partial charge in [0, 0.05) is 5.69 Å². The molecule has 2 N–H and O–H groups in total. The van der Waals surface area contributed by atoms with Crippen LogP contribution in [0.5, 0.6) is 0 Å². The maximum Gasteiger partial charge on any atom is 0.263 e. The molecule has 96 valence electrons. The Labute approximate surface area is 122 Å². The minimum atomic E-state index is -0.319. The Morgan fingerprint density at radius 3 is 2.68 bits per heavy atom. The molecule has 0 bridgehead atoms. The van der Waals surface area contributed by atoms with Gasteiger partial charge in [-0.2, -0.15) is 0 Å². The highest BCUT2D eigenvalue weighted by atomic mass is 79.9. The lowest BCUT2D eigenvalue weighted by molar-refractivity contribution is 0.0643. The highest BCUT2D eigenvalue weighted by Gasteiger charge is 2.36. The van der Waals surface area contributed by atoms with E-state index in [0.29, 0.717) is 16.8 Å². The van der Waals surface area contributed by atoms with Crippen molar-refractivity contribution < 1.29 is 9.59 Å². The lowest BCUT2D eigenvalue weighted by Crippen LogP contribution is -2.29. The molecule has 0 unspecified atom stereocenters. The summed E-state index contributed by atoms with van der Waals surface area (Å²) in [7, 11) is 0. The number of amides is 2. The molecule has 6 heteroatoms. The first-order chi connectivity index (χ1) is 9.08. The average Bonchev–Trinajstić information content (AvgIpc) is 2.88. The number of nitrogens with zero attached hydrogens (tertiary/aromatic N) is 1. The van der Waals surface area contributed by atoms with Crippen LogP contribution in [0.4, 0.5) is 5.69 Å². The van der Waals surface area contributed by atoms with Crippen molar-refractivity contribution in [3.05, 3.63) is 50.1 Å². The smallest absolute Gasteiger partial charge is 0.263 e. The number of hydrogen-bond donors (Lipinski definition) is 1. The van der Waals surface area contributed by atoms with Crippen molar-refractivity contribution >= 4 is 44.8 Å². The molecule has 2 amide bonds. The van der Waals surface area contributed by atoms with Crippen molar-refractivity contribution in [1.82, 2.24) is 4.90 Å². The quantitative estimate of drug-likeness (QED) is 0.677. The van der Waals surface area contributed by atoms with Gasteiger partial charge in [-0.1, -0.05) is 6.07 Å². The van der Waals surface area contributed by atoms with Gasteiger partial charge in [-0.3, -0.25) is 14.5 Å². The molecule has 1 aliphatic rings. The van der Waals surface area contributed by atoms with Crippen molar-refractivity contribution in [3.63, 3.8) is 0 Å². The van der Waals surface area contributed by atoms with Crippen LogP contribution < -0.4 is 5.73 Å². The Morgan fingerprint density at radius 2 is 2.05 bits per heavy atom. The number of carbonyl (C=O) groups excluding carboxylic acids is 2. The van der Waals surface area contributed by atoms with Crippen LogP contribution in [0.15, 0.2) is 33.4 Å². The molecule has 0 spiro atoms. The van der Waals surface area contributed by atoms with Crippen molar-refractivity contribution in [2.45, 2.75) is 6.54 Å². The molecule has 4 nitrogen and oxygen atoms in total. The predicted molar refractivity (Wildman–Crippen MR) is 77.1 cm³/mol. The van der Waals surface area contributed by atoms with E-state index in [9.17, 15) is 9.59 Å². The molecule has 2 aromatic rings. The molecule has 1 aromatic heterocycles. The summed E-state index contributed by atoms with van der Waals surface area (Å²) < 4.78 is 0.971. The van der Waals surface area contributed by atoms with Crippen molar-refractivity contribution in [2.75, 3.05) is 5.73 Å². The number of benzene rings is 1. The van der Waals surface area contributed by atoms with E-state index in [-0.39, 0.29) is 18.4 Å². The van der Waals surface area contributed by atoms with Gasteiger partial charge in [-0.15, -0.1) is 11.3 Å². The topological polar surface area (TPSA) is 63.4 Å². The number of carbonyl (C=O) groups is 2. The summed E-state index contributed by atoms with van der Waals surface area (Å²) in [5.74, 6) is -0.602. The minimum Gasteiger partial charge on any atom is -0.398 e. The first-order valence-electron chi connectivity index (χ1n) is 5.55. The second kappa shape index (κ2) is 4.47. The molecule has 0 saturated heterocycles. The Hall–Kier alpha value is -1.66. The zero-order chi connectivity index (χ0) is 13.6. The van der Waals surface area contributed by atoms with Gasteiger partial charge in [0.05, 0.1) is 21.5 Å². The van der Waals surface area contributed by atoms with E-state index < -0.39 is 0 Å². The fourth-order valence-corrected chi connectivity index (χ4v) is 3.31. The summed E-state index contributed by atoms with van der Waals surface area (Å²) in [6.07, 6.45) is 0. The van der Waals surface area contributed by atoms with E-state index in [1.54, 1.807) is 18.2 Å². The van der Waals surface area contributed by atoms with E-state index >= 15 is 0 Å². The first-order valence-corrected chi connectivity index (χ1v) is 7.23. The van der Waals surface area contributed by atoms with E-state index in [1.165, 1.54) is 16.2 Å². The number of thiophene rings is 1. The van der Waals surface area contributed by atoms with Crippen LogP contribution in [-0.4, -0.2) is 16.7 Å². The normalized spacial score (nSPS) is 14.1. The Kier molecular flexibility index (Phi) is 2.91. The van der Waals surface area contributed by atoms with Gasteiger partial charge in [0.25, 0.3) is 11.8 Å². The summed E-state index contributed by atoms with van der Waals surface area (Å²) >= 11 is 4.88. The summed E-state index contributed by atoms with van der Waals surface area (Å²) in [5.41, 5.74) is 7.76. The average molecular weight is 337 g/mol. The monoisotopic (exact) mass is 336 g/mol. The number of nitrogen functional groups attached to an aromatic ring is 1.